The van der Waals surface area contributed by atoms with E-state index in [1.54, 1.807) is 6.34 Å². The molecule has 0 saturated carbocycles. The first-order valence-corrected chi connectivity index (χ1v) is 5.30. The molecule has 2 heteroatoms. The molecule has 0 radical (unpaired) electrons. The van der Waals surface area contributed by atoms with Gasteiger partial charge in [-0.25, -0.2) is 4.99 Å². The second-order valence-corrected chi connectivity index (χ2v) is 4.17. The number of anilines is 1. The van der Waals surface area contributed by atoms with Crippen molar-refractivity contribution < 1.29 is 0 Å². The summed E-state index contributed by atoms with van der Waals surface area (Å²) in [6.45, 7) is 0. The third kappa shape index (κ3) is 0.820. The minimum atomic E-state index is 1.10. The summed E-state index contributed by atoms with van der Waals surface area (Å²) in [6, 6.07) is 8.76. The predicted octanol–water partition coefficient (Wildman–Crippen LogP) is 3.02. The van der Waals surface area contributed by atoms with Crippen LogP contribution in [0, 0.1) is 0 Å². The van der Waals surface area contributed by atoms with E-state index in [-0.39, 0.29) is 0 Å². The van der Waals surface area contributed by atoms with E-state index in [2.05, 4.69) is 34.6 Å². The van der Waals surface area contributed by atoms with E-state index in [1.165, 1.54) is 40.4 Å². The molecule has 0 atom stereocenters. The van der Waals surface area contributed by atoms with E-state index in [9.17, 15) is 0 Å². The average Bonchev–Trinajstić information content (AvgIpc) is 2.71. The highest BCUT2D eigenvalue weighted by molar-refractivity contribution is 6.11. The lowest BCUT2D eigenvalue weighted by Crippen LogP contribution is -2.00. The summed E-state index contributed by atoms with van der Waals surface area (Å²) in [5.74, 6) is 0. The molecule has 15 heavy (non-hydrogen) atoms. The van der Waals surface area contributed by atoms with E-state index in [0.717, 1.165) is 5.69 Å². The van der Waals surface area contributed by atoms with Crippen molar-refractivity contribution in [3.05, 3.63) is 35.4 Å². The quantitative estimate of drug-likeness (QED) is 0.685. The summed E-state index contributed by atoms with van der Waals surface area (Å²) in [7, 11) is 0. The van der Waals surface area contributed by atoms with Gasteiger partial charge >= 0.3 is 0 Å². The van der Waals surface area contributed by atoms with Crippen LogP contribution in [0.3, 0.4) is 0 Å². The molecule has 1 N–H and O–H groups in total. The van der Waals surface area contributed by atoms with Gasteiger partial charge in [0.05, 0.1) is 12.0 Å². The van der Waals surface area contributed by atoms with Crippen LogP contribution in [0.2, 0.25) is 0 Å². The molecule has 0 saturated heterocycles. The van der Waals surface area contributed by atoms with Gasteiger partial charge in [0, 0.05) is 11.1 Å². The summed E-state index contributed by atoms with van der Waals surface area (Å²) in [6.07, 6.45) is 4.13. The molecule has 0 spiro atoms. The fourth-order valence-corrected chi connectivity index (χ4v) is 2.71. The molecule has 1 heterocycles. The molecular formula is C13H10N2. The van der Waals surface area contributed by atoms with E-state index < -0.39 is 0 Å². The van der Waals surface area contributed by atoms with Crippen LogP contribution in [0.25, 0.3) is 10.8 Å². The van der Waals surface area contributed by atoms with Crippen molar-refractivity contribution in [1.82, 2.24) is 0 Å². The zero-order valence-corrected chi connectivity index (χ0v) is 8.25. The number of benzene rings is 2. The molecule has 0 aromatic heterocycles. The number of nitrogens with zero attached hydrogens (tertiary/aromatic N) is 1. The van der Waals surface area contributed by atoms with Gasteiger partial charge in [-0.2, -0.15) is 0 Å². The highest BCUT2D eigenvalue weighted by Crippen LogP contribution is 2.41. The Hall–Kier alpha value is -1.83. The van der Waals surface area contributed by atoms with Crippen LogP contribution in [0.1, 0.15) is 11.1 Å². The van der Waals surface area contributed by atoms with Gasteiger partial charge in [-0.15, -0.1) is 0 Å². The van der Waals surface area contributed by atoms with Crippen LogP contribution < -0.4 is 5.32 Å². The number of hydrogen-bond donors (Lipinski definition) is 1. The van der Waals surface area contributed by atoms with E-state index in [1.807, 2.05) is 0 Å². The molecule has 2 nitrogen and oxygen atoms in total. The standard InChI is InChI=1S/C13H10N2/c1-2-9-4-6-11-13-10(14-7-15-11)5-3-8(1)12(9)13/h3-7H,1-2H2,(H,14,15). The van der Waals surface area contributed by atoms with Crippen molar-refractivity contribution in [1.29, 1.82) is 0 Å². The highest BCUT2D eigenvalue weighted by atomic mass is 15.0. The maximum absolute atomic E-state index is 4.39. The van der Waals surface area contributed by atoms with Gasteiger partial charge in [0.15, 0.2) is 0 Å². The molecule has 0 unspecified atom stereocenters. The Balaban J connectivity index is 2.31. The molecule has 0 bridgehead atoms. The maximum Gasteiger partial charge on any atom is 0.0930 e. The first-order valence-electron chi connectivity index (χ1n) is 5.30. The molecule has 0 fully saturated rings. The Bertz CT molecular complexity index is 601. The summed E-state index contributed by atoms with van der Waals surface area (Å²) < 4.78 is 0. The van der Waals surface area contributed by atoms with Gasteiger partial charge in [-0.05, 0) is 41.5 Å². The van der Waals surface area contributed by atoms with Crippen LogP contribution >= 0.6 is 0 Å². The van der Waals surface area contributed by atoms with Crippen molar-refractivity contribution in [2.24, 2.45) is 4.99 Å². The Morgan fingerprint density at radius 3 is 2.60 bits per heavy atom. The molecule has 1 aliphatic carbocycles. The zero-order valence-electron chi connectivity index (χ0n) is 8.25. The first kappa shape index (κ1) is 7.46. The van der Waals surface area contributed by atoms with Gasteiger partial charge in [0.25, 0.3) is 0 Å². The monoisotopic (exact) mass is 194 g/mol. The van der Waals surface area contributed by atoms with Crippen LogP contribution in [0.15, 0.2) is 29.3 Å². The summed E-state index contributed by atoms with van der Waals surface area (Å²) in [5.41, 5.74) is 5.25. The smallest absolute Gasteiger partial charge is 0.0930 e. The first-order chi connectivity index (χ1) is 7.43. The van der Waals surface area contributed by atoms with Gasteiger partial charge in [-0.3, -0.25) is 0 Å². The number of hydrogen-bond acceptors (Lipinski definition) is 2. The SMILES string of the molecule is C1=Nc2ccc3c4c(ccc(c24)N1)CC3. The second-order valence-electron chi connectivity index (χ2n) is 4.17. The number of rotatable bonds is 0. The third-order valence-electron chi connectivity index (χ3n) is 3.40. The third-order valence-corrected chi connectivity index (χ3v) is 3.40. The second kappa shape index (κ2) is 2.40. The minimum absolute atomic E-state index is 1.10. The number of aryl methyl sites for hydroxylation is 2. The normalized spacial score (nSPS) is 15.7. The largest absolute Gasteiger partial charge is 0.346 e. The Kier molecular flexibility index (Phi) is 1.19. The molecule has 2 aromatic carbocycles. The van der Waals surface area contributed by atoms with Crippen molar-refractivity contribution in [3.8, 4) is 0 Å². The molecule has 72 valence electrons. The van der Waals surface area contributed by atoms with Crippen LogP contribution in [-0.2, 0) is 12.8 Å². The molecule has 4 rings (SSSR count). The summed E-state index contributed by atoms with van der Waals surface area (Å²) in [4.78, 5) is 4.39. The molecule has 1 aliphatic heterocycles. The van der Waals surface area contributed by atoms with Gasteiger partial charge in [0.2, 0.25) is 0 Å². The maximum atomic E-state index is 4.39. The van der Waals surface area contributed by atoms with Gasteiger partial charge < -0.3 is 5.32 Å². The van der Waals surface area contributed by atoms with Crippen LogP contribution in [0.4, 0.5) is 11.4 Å². The lowest BCUT2D eigenvalue weighted by Gasteiger charge is -2.14. The zero-order chi connectivity index (χ0) is 9.83. The average molecular weight is 194 g/mol. The lowest BCUT2D eigenvalue weighted by atomic mass is 10.0. The van der Waals surface area contributed by atoms with E-state index in [0.29, 0.717) is 0 Å². The number of aliphatic imine (C=N–C) groups is 1. The molecule has 0 amide bonds. The van der Waals surface area contributed by atoms with Crippen molar-refractivity contribution in [2.75, 3.05) is 5.32 Å². The topological polar surface area (TPSA) is 24.4 Å². The van der Waals surface area contributed by atoms with Gasteiger partial charge in [-0.1, -0.05) is 12.1 Å². The van der Waals surface area contributed by atoms with Gasteiger partial charge in [0.1, 0.15) is 0 Å². The van der Waals surface area contributed by atoms with Crippen molar-refractivity contribution >= 4 is 28.5 Å². The molecule has 2 aromatic rings. The van der Waals surface area contributed by atoms with E-state index in [4.69, 9.17) is 0 Å². The Morgan fingerprint density at radius 2 is 1.73 bits per heavy atom. The lowest BCUT2D eigenvalue weighted by molar-refractivity contribution is 1.02. The molecule has 2 aliphatic rings. The van der Waals surface area contributed by atoms with Crippen LogP contribution in [-0.4, -0.2) is 6.34 Å². The Labute approximate surface area is 87.6 Å². The molecular weight excluding hydrogens is 184 g/mol. The number of nitrogens with one attached hydrogen (secondary N) is 1. The summed E-state index contributed by atoms with van der Waals surface area (Å²) >= 11 is 0. The fraction of sp³-hybridized carbons (Fsp3) is 0.154. The van der Waals surface area contributed by atoms with Crippen LogP contribution in [0.5, 0.6) is 0 Å². The highest BCUT2D eigenvalue weighted by Gasteiger charge is 2.19. The minimum Gasteiger partial charge on any atom is -0.346 e. The summed E-state index contributed by atoms with van der Waals surface area (Å²) in [5, 5.41) is 5.97. The van der Waals surface area contributed by atoms with Crippen molar-refractivity contribution in [2.45, 2.75) is 12.8 Å². The Morgan fingerprint density at radius 1 is 0.933 bits per heavy atom. The predicted molar refractivity (Wildman–Crippen MR) is 63.1 cm³/mol. The van der Waals surface area contributed by atoms with E-state index >= 15 is 0 Å². The fourth-order valence-electron chi connectivity index (χ4n) is 2.71. The van der Waals surface area contributed by atoms with Crippen molar-refractivity contribution in [3.63, 3.8) is 0 Å².